The highest BCUT2D eigenvalue weighted by atomic mass is 16.5. The van der Waals surface area contributed by atoms with E-state index in [0.717, 1.165) is 37.5 Å². The third-order valence-electron chi connectivity index (χ3n) is 5.41. The Bertz CT molecular complexity index is 592. The maximum Gasteiger partial charge on any atom is 0.254 e. The zero-order chi connectivity index (χ0) is 18.4. The lowest BCUT2D eigenvalue weighted by atomic mass is 9.95. The van der Waals surface area contributed by atoms with Gasteiger partial charge in [0.15, 0.2) is 0 Å². The van der Waals surface area contributed by atoms with Gasteiger partial charge in [-0.1, -0.05) is 13.0 Å². The number of rotatable bonds is 8. The van der Waals surface area contributed by atoms with Crippen molar-refractivity contribution in [1.82, 2.24) is 9.80 Å². The van der Waals surface area contributed by atoms with Gasteiger partial charge in [0.05, 0.1) is 6.61 Å². The molecule has 0 radical (unpaired) electrons. The molecule has 0 aliphatic carbocycles. The standard InChI is InChI=1S/C21H32N2O3/c1-3-10-22-14-17-8-9-19(22)16-23(15-17)21(24)18-6-5-7-20(13-18)26-12-11-25-4-2/h5-7,13,17,19H,3-4,8-12,14-16H2,1-2H3/t17-,19-/m0/s1. The maximum absolute atomic E-state index is 13.1. The molecule has 0 unspecified atom stereocenters. The lowest BCUT2D eigenvalue weighted by Crippen LogP contribution is -2.44. The van der Waals surface area contributed by atoms with Gasteiger partial charge in [-0.15, -0.1) is 0 Å². The molecule has 3 aliphatic heterocycles. The lowest BCUT2D eigenvalue weighted by Gasteiger charge is -2.35. The van der Waals surface area contributed by atoms with Gasteiger partial charge in [0, 0.05) is 37.8 Å². The van der Waals surface area contributed by atoms with Gasteiger partial charge in [-0.25, -0.2) is 0 Å². The normalized spacial score (nSPS) is 23.1. The second kappa shape index (κ2) is 9.38. The molecule has 1 aromatic rings. The smallest absolute Gasteiger partial charge is 0.254 e. The molecule has 1 amide bonds. The molecule has 0 N–H and O–H groups in total. The van der Waals surface area contributed by atoms with Crippen molar-refractivity contribution < 1.29 is 14.3 Å². The van der Waals surface area contributed by atoms with Gasteiger partial charge >= 0.3 is 0 Å². The number of nitrogens with zero attached hydrogens (tertiary/aromatic N) is 2. The van der Waals surface area contributed by atoms with Crippen molar-refractivity contribution in [2.75, 3.05) is 46.0 Å². The van der Waals surface area contributed by atoms with Crippen LogP contribution in [0.15, 0.2) is 24.3 Å². The van der Waals surface area contributed by atoms with E-state index in [1.54, 1.807) is 0 Å². The average Bonchev–Trinajstić information content (AvgIpc) is 2.97. The molecule has 5 heteroatoms. The molecule has 3 saturated heterocycles. The molecule has 0 saturated carbocycles. The minimum Gasteiger partial charge on any atom is -0.491 e. The van der Waals surface area contributed by atoms with E-state index in [-0.39, 0.29) is 5.91 Å². The first kappa shape index (κ1) is 19.2. The highest BCUT2D eigenvalue weighted by molar-refractivity contribution is 5.94. The quantitative estimate of drug-likeness (QED) is 0.668. The van der Waals surface area contributed by atoms with E-state index in [4.69, 9.17) is 9.47 Å². The number of carbonyl (C=O) groups excluding carboxylic acids is 1. The van der Waals surface area contributed by atoms with Gasteiger partial charge in [-0.2, -0.15) is 0 Å². The van der Waals surface area contributed by atoms with Crippen LogP contribution in [0.3, 0.4) is 0 Å². The van der Waals surface area contributed by atoms with Crippen LogP contribution in [0.5, 0.6) is 5.75 Å². The van der Waals surface area contributed by atoms with Crippen LogP contribution in [0.2, 0.25) is 0 Å². The van der Waals surface area contributed by atoms with E-state index >= 15 is 0 Å². The van der Waals surface area contributed by atoms with E-state index in [1.165, 1.54) is 19.3 Å². The first-order valence-electron chi connectivity index (χ1n) is 10.0. The van der Waals surface area contributed by atoms with Gasteiger partial charge < -0.3 is 14.4 Å². The number of piperidine rings is 1. The summed E-state index contributed by atoms with van der Waals surface area (Å²) in [5, 5.41) is 0. The Morgan fingerprint density at radius 3 is 2.85 bits per heavy atom. The second-order valence-corrected chi connectivity index (χ2v) is 7.38. The number of amides is 1. The first-order chi connectivity index (χ1) is 12.7. The number of carbonyl (C=O) groups is 1. The Labute approximate surface area is 157 Å². The summed E-state index contributed by atoms with van der Waals surface area (Å²) in [6, 6.07) is 8.08. The fourth-order valence-electron chi connectivity index (χ4n) is 4.17. The highest BCUT2D eigenvalue weighted by Crippen LogP contribution is 2.29. The molecule has 144 valence electrons. The van der Waals surface area contributed by atoms with Gasteiger partial charge in [0.1, 0.15) is 12.4 Å². The second-order valence-electron chi connectivity index (χ2n) is 7.38. The fraction of sp³-hybridized carbons (Fsp3) is 0.667. The molecule has 0 spiro atoms. The van der Waals surface area contributed by atoms with Crippen LogP contribution in [-0.2, 0) is 4.74 Å². The third kappa shape index (κ3) is 4.77. The Morgan fingerprint density at radius 2 is 2.04 bits per heavy atom. The van der Waals surface area contributed by atoms with Gasteiger partial charge in [0.2, 0.25) is 0 Å². The van der Waals surface area contributed by atoms with Crippen LogP contribution in [-0.4, -0.2) is 67.7 Å². The van der Waals surface area contributed by atoms with Crippen LogP contribution in [0.4, 0.5) is 0 Å². The summed E-state index contributed by atoms with van der Waals surface area (Å²) in [7, 11) is 0. The minimum absolute atomic E-state index is 0.135. The number of benzene rings is 1. The molecule has 3 fully saturated rings. The molecule has 3 heterocycles. The van der Waals surface area contributed by atoms with Gasteiger partial charge in [0.25, 0.3) is 5.91 Å². The summed E-state index contributed by atoms with van der Waals surface area (Å²) < 4.78 is 11.0. The molecular formula is C21H32N2O3. The van der Waals surface area contributed by atoms with E-state index in [9.17, 15) is 4.79 Å². The SMILES string of the molecule is CCCN1C[C@@H]2CC[C@H]1CN(C(=O)c1cccc(OCCOCC)c1)C2. The molecule has 4 rings (SSSR count). The van der Waals surface area contributed by atoms with Gasteiger partial charge in [-0.3, -0.25) is 9.69 Å². The molecule has 3 aliphatic rings. The van der Waals surface area contributed by atoms with Crippen molar-refractivity contribution in [1.29, 1.82) is 0 Å². The summed E-state index contributed by atoms with van der Waals surface area (Å²) in [4.78, 5) is 17.8. The van der Waals surface area contributed by atoms with Crippen molar-refractivity contribution >= 4 is 5.91 Å². The van der Waals surface area contributed by atoms with E-state index in [1.807, 2.05) is 31.2 Å². The number of hydrogen-bond acceptors (Lipinski definition) is 4. The summed E-state index contributed by atoms with van der Waals surface area (Å²) in [6.07, 6.45) is 3.64. The van der Waals surface area contributed by atoms with Crippen LogP contribution >= 0.6 is 0 Å². The minimum atomic E-state index is 0.135. The van der Waals surface area contributed by atoms with Crippen LogP contribution < -0.4 is 4.74 Å². The largest absolute Gasteiger partial charge is 0.491 e. The molecule has 0 aromatic heterocycles. The molecule has 5 nitrogen and oxygen atoms in total. The lowest BCUT2D eigenvalue weighted by molar-refractivity contribution is 0.0737. The maximum atomic E-state index is 13.1. The van der Waals surface area contributed by atoms with Crippen molar-refractivity contribution in [2.45, 2.75) is 39.2 Å². The fourth-order valence-corrected chi connectivity index (χ4v) is 4.17. The first-order valence-corrected chi connectivity index (χ1v) is 10.0. The molecule has 2 bridgehead atoms. The van der Waals surface area contributed by atoms with Crippen molar-refractivity contribution in [3.63, 3.8) is 0 Å². The number of fused-ring (bicyclic) bond motifs is 4. The van der Waals surface area contributed by atoms with Crippen molar-refractivity contribution in [3.05, 3.63) is 29.8 Å². The topological polar surface area (TPSA) is 42.0 Å². The average molecular weight is 360 g/mol. The molecule has 2 atom stereocenters. The summed E-state index contributed by atoms with van der Waals surface area (Å²) in [5.74, 6) is 1.48. The third-order valence-corrected chi connectivity index (χ3v) is 5.41. The monoisotopic (exact) mass is 360 g/mol. The van der Waals surface area contributed by atoms with E-state index in [0.29, 0.717) is 31.8 Å². The Morgan fingerprint density at radius 1 is 1.15 bits per heavy atom. The zero-order valence-corrected chi connectivity index (χ0v) is 16.2. The van der Waals surface area contributed by atoms with Gasteiger partial charge in [-0.05, 0) is 56.8 Å². The van der Waals surface area contributed by atoms with Crippen LogP contribution in [0, 0.1) is 5.92 Å². The molecule has 26 heavy (non-hydrogen) atoms. The predicted molar refractivity (Wildman–Crippen MR) is 103 cm³/mol. The number of ether oxygens (including phenoxy) is 2. The number of hydrogen-bond donors (Lipinski definition) is 0. The predicted octanol–water partition coefficient (Wildman–Crippen LogP) is 3.05. The van der Waals surface area contributed by atoms with E-state index in [2.05, 4.69) is 16.7 Å². The summed E-state index contributed by atoms with van der Waals surface area (Å²) >= 11 is 0. The summed E-state index contributed by atoms with van der Waals surface area (Å²) in [5.41, 5.74) is 0.724. The highest BCUT2D eigenvalue weighted by Gasteiger charge is 2.36. The Hall–Kier alpha value is -1.59. The Kier molecular flexibility index (Phi) is 6.92. The van der Waals surface area contributed by atoms with Crippen molar-refractivity contribution in [2.24, 2.45) is 5.92 Å². The molecular weight excluding hydrogens is 328 g/mol. The van der Waals surface area contributed by atoms with Crippen molar-refractivity contribution in [3.8, 4) is 5.75 Å². The van der Waals surface area contributed by atoms with Crippen LogP contribution in [0.1, 0.15) is 43.5 Å². The van der Waals surface area contributed by atoms with Crippen LogP contribution in [0.25, 0.3) is 0 Å². The molecule has 1 aromatic carbocycles. The Balaban J connectivity index is 1.64. The summed E-state index contributed by atoms with van der Waals surface area (Å²) in [6.45, 7) is 9.98. The zero-order valence-electron chi connectivity index (χ0n) is 16.2. The van der Waals surface area contributed by atoms with E-state index < -0.39 is 0 Å².